The molecule has 3 rings (SSSR count). The van der Waals surface area contributed by atoms with Gasteiger partial charge in [-0.3, -0.25) is 0 Å². The number of hydrogen-bond donors (Lipinski definition) is 0. The summed E-state index contributed by atoms with van der Waals surface area (Å²) in [4.78, 5) is 11.6. The van der Waals surface area contributed by atoms with E-state index in [0.29, 0.717) is 22.6 Å². The van der Waals surface area contributed by atoms with Crippen molar-refractivity contribution in [3.63, 3.8) is 0 Å². The number of methoxy groups -OCH3 is 1. The average Bonchev–Trinajstić information content (AvgIpc) is 3.15. The van der Waals surface area contributed by atoms with Crippen LogP contribution in [0, 0.1) is 0 Å². The van der Waals surface area contributed by atoms with Crippen LogP contribution in [-0.2, 0) is 17.3 Å². The van der Waals surface area contributed by atoms with Crippen LogP contribution in [0.25, 0.3) is 22.6 Å². The van der Waals surface area contributed by atoms with Gasteiger partial charge in [-0.05, 0) is 48.7 Å². The SMILES string of the molecule is CCCCc1cc(-c2ccc(C(=O)OC)cc2)oc1-c1ccc(C(F)(F)F)cc1. The fraction of sp³-hybridized carbons (Fsp3) is 0.261. The van der Waals surface area contributed by atoms with Gasteiger partial charge >= 0.3 is 12.1 Å². The standard InChI is InChI=1S/C23H21F3O3/c1-3-4-5-18-14-20(15-6-8-17(9-7-15)22(27)28-2)29-21(18)16-10-12-19(13-11-16)23(24,25)26/h6-14H,3-5H2,1-2H3. The average molecular weight is 402 g/mol. The van der Waals surface area contributed by atoms with E-state index in [-0.39, 0.29) is 0 Å². The molecule has 0 atom stereocenters. The van der Waals surface area contributed by atoms with E-state index in [9.17, 15) is 18.0 Å². The second-order valence-corrected chi connectivity index (χ2v) is 6.71. The molecule has 1 heterocycles. The van der Waals surface area contributed by atoms with Crippen molar-refractivity contribution in [1.82, 2.24) is 0 Å². The largest absolute Gasteiger partial charge is 0.465 e. The minimum absolute atomic E-state index is 0.426. The lowest BCUT2D eigenvalue weighted by molar-refractivity contribution is -0.137. The van der Waals surface area contributed by atoms with Crippen LogP contribution in [0.5, 0.6) is 0 Å². The first-order valence-electron chi connectivity index (χ1n) is 9.32. The topological polar surface area (TPSA) is 39.4 Å². The highest BCUT2D eigenvalue weighted by Gasteiger charge is 2.30. The molecule has 29 heavy (non-hydrogen) atoms. The van der Waals surface area contributed by atoms with Crippen LogP contribution < -0.4 is 0 Å². The summed E-state index contributed by atoms with van der Waals surface area (Å²) in [5.41, 5.74) is 2.05. The Morgan fingerprint density at radius 3 is 2.17 bits per heavy atom. The fourth-order valence-electron chi connectivity index (χ4n) is 3.07. The van der Waals surface area contributed by atoms with Gasteiger partial charge in [0.2, 0.25) is 0 Å². The number of carbonyl (C=O) groups excluding carboxylic acids is 1. The summed E-state index contributed by atoms with van der Waals surface area (Å²) in [5.74, 6) is 0.742. The molecule has 3 aromatic rings. The van der Waals surface area contributed by atoms with Gasteiger partial charge in [0, 0.05) is 11.1 Å². The van der Waals surface area contributed by atoms with Crippen LogP contribution in [0.1, 0.15) is 41.3 Å². The molecule has 0 aliphatic carbocycles. The monoisotopic (exact) mass is 402 g/mol. The molecule has 1 aromatic heterocycles. The number of ether oxygens (including phenoxy) is 1. The summed E-state index contributed by atoms with van der Waals surface area (Å²) in [5, 5.41) is 0. The molecule has 2 aromatic carbocycles. The summed E-state index contributed by atoms with van der Waals surface area (Å²) in [6.45, 7) is 2.07. The van der Waals surface area contributed by atoms with Gasteiger partial charge in [-0.2, -0.15) is 13.2 Å². The summed E-state index contributed by atoms with van der Waals surface area (Å²) in [7, 11) is 1.32. The lowest BCUT2D eigenvalue weighted by Crippen LogP contribution is -2.04. The zero-order chi connectivity index (χ0) is 21.0. The molecule has 0 saturated heterocycles. The zero-order valence-corrected chi connectivity index (χ0v) is 16.2. The molecule has 3 nitrogen and oxygen atoms in total. The number of rotatable bonds is 6. The third-order valence-electron chi connectivity index (χ3n) is 4.67. The Morgan fingerprint density at radius 1 is 1.00 bits per heavy atom. The Bertz CT molecular complexity index is 968. The Hall–Kier alpha value is -3.02. The maximum absolute atomic E-state index is 12.9. The van der Waals surface area contributed by atoms with Gasteiger partial charge in [-0.15, -0.1) is 0 Å². The van der Waals surface area contributed by atoms with Crippen molar-refractivity contribution in [2.24, 2.45) is 0 Å². The van der Waals surface area contributed by atoms with E-state index in [4.69, 9.17) is 9.15 Å². The number of aryl methyl sites for hydroxylation is 1. The van der Waals surface area contributed by atoms with Crippen LogP contribution in [0.3, 0.4) is 0 Å². The van der Waals surface area contributed by atoms with Gasteiger partial charge < -0.3 is 9.15 Å². The predicted octanol–water partition coefficient (Wildman–Crippen LogP) is 6.76. The van der Waals surface area contributed by atoms with Crippen molar-refractivity contribution in [3.05, 3.63) is 71.3 Å². The first-order chi connectivity index (χ1) is 13.8. The molecule has 0 fully saturated rings. The van der Waals surface area contributed by atoms with E-state index >= 15 is 0 Å². The maximum Gasteiger partial charge on any atom is 0.416 e. The van der Waals surface area contributed by atoms with Gasteiger partial charge in [0.05, 0.1) is 18.2 Å². The molecule has 0 saturated carbocycles. The number of alkyl halides is 3. The highest BCUT2D eigenvalue weighted by atomic mass is 19.4. The number of unbranched alkanes of at least 4 members (excludes halogenated alkanes) is 1. The second-order valence-electron chi connectivity index (χ2n) is 6.71. The number of carbonyl (C=O) groups is 1. The second kappa shape index (κ2) is 8.55. The number of benzene rings is 2. The number of halogens is 3. The summed E-state index contributed by atoms with van der Waals surface area (Å²) >= 11 is 0. The smallest absolute Gasteiger partial charge is 0.416 e. The van der Waals surface area contributed by atoms with Gasteiger partial charge in [0.15, 0.2) is 0 Å². The van der Waals surface area contributed by atoms with Crippen LogP contribution in [0.4, 0.5) is 13.2 Å². The van der Waals surface area contributed by atoms with Gasteiger partial charge in [0.1, 0.15) is 11.5 Å². The van der Waals surface area contributed by atoms with E-state index in [1.54, 1.807) is 24.3 Å². The van der Waals surface area contributed by atoms with Gasteiger partial charge in [-0.25, -0.2) is 4.79 Å². The molecule has 0 bridgehead atoms. The molecular weight excluding hydrogens is 381 g/mol. The number of esters is 1. The third kappa shape index (κ3) is 4.70. The fourth-order valence-corrected chi connectivity index (χ4v) is 3.07. The zero-order valence-electron chi connectivity index (χ0n) is 16.2. The van der Waals surface area contributed by atoms with Crippen molar-refractivity contribution in [2.45, 2.75) is 32.4 Å². The normalized spacial score (nSPS) is 11.5. The highest BCUT2D eigenvalue weighted by molar-refractivity contribution is 5.89. The first kappa shape index (κ1) is 20.7. The van der Waals surface area contributed by atoms with Crippen LogP contribution in [0.15, 0.2) is 59.0 Å². The maximum atomic E-state index is 12.9. The Labute approximate surface area is 167 Å². The van der Waals surface area contributed by atoms with E-state index in [0.717, 1.165) is 42.5 Å². The predicted molar refractivity (Wildman–Crippen MR) is 105 cm³/mol. The van der Waals surface area contributed by atoms with Crippen LogP contribution >= 0.6 is 0 Å². The van der Waals surface area contributed by atoms with E-state index in [1.165, 1.54) is 19.2 Å². The molecular formula is C23H21F3O3. The van der Waals surface area contributed by atoms with Crippen LogP contribution in [-0.4, -0.2) is 13.1 Å². The molecule has 0 amide bonds. The Morgan fingerprint density at radius 2 is 1.62 bits per heavy atom. The molecule has 152 valence electrons. The minimum atomic E-state index is -4.38. The Balaban J connectivity index is 1.97. The van der Waals surface area contributed by atoms with E-state index in [1.807, 2.05) is 6.07 Å². The molecule has 0 unspecified atom stereocenters. The van der Waals surface area contributed by atoms with E-state index < -0.39 is 17.7 Å². The highest BCUT2D eigenvalue weighted by Crippen LogP contribution is 2.36. The van der Waals surface area contributed by atoms with Gasteiger partial charge in [-0.1, -0.05) is 37.6 Å². The third-order valence-corrected chi connectivity index (χ3v) is 4.67. The van der Waals surface area contributed by atoms with Crippen molar-refractivity contribution in [3.8, 4) is 22.6 Å². The molecule has 0 spiro atoms. The summed E-state index contributed by atoms with van der Waals surface area (Å²) in [6.07, 6.45) is -1.69. The van der Waals surface area contributed by atoms with E-state index in [2.05, 4.69) is 6.92 Å². The van der Waals surface area contributed by atoms with Crippen LogP contribution in [0.2, 0.25) is 0 Å². The minimum Gasteiger partial charge on any atom is -0.465 e. The molecule has 0 aliphatic rings. The summed E-state index contributed by atoms with van der Waals surface area (Å²) in [6, 6.07) is 13.7. The summed E-state index contributed by atoms with van der Waals surface area (Å²) < 4.78 is 49.3. The number of hydrogen-bond acceptors (Lipinski definition) is 3. The van der Waals surface area contributed by atoms with Crippen molar-refractivity contribution in [2.75, 3.05) is 7.11 Å². The lowest BCUT2D eigenvalue weighted by atomic mass is 10.0. The molecule has 6 heteroatoms. The molecule has 0 radical (unpaired) electrons. The lowest BCUT2D eigenvalue weighted by Gasteiger charge is -2.07. The van der Waals surface area contributed by atoms with Gasteiger partial charge in [0.25, 0.3) is 0 Å². The Kier molecular flexibility index (Phi) is 6.11. The molecule has 0 aliphatic heterocycles. The van der Waals surface area contributed by atoms with Crippen molar-refractivity contribution in [1.29, 1.82) is 0 Å². The molecule has 0 N–H and O–H groups in total. The first-order valence-corrected chi connectivity index (χ1v) is 9.32. The van der Waals surface area contributed by atoms with Crippen molar-refractivity contribution >= 4 is 5.97 Å². The number of furan rings is 1. The quantitative estimate of drug-likeness (QED) is 0.428. The van der Waals surface area contributed by atoms with Crippen molar-refractivity contribution < 1.29 is 27.1 Å².